The lowest BCUT2D eigenvalue weighted by Crippen LogP contribution is -2.54. The van der Waals surface area contributed by atoms with Crippen LogP contribution in [-0.4, -0.2) is 23.9 Å². The van der Waals surface area contributed by atoms with E-state index in [2.05, 4.69) is 5.32 Å². The zero-order valence-electron chi connectivity index (χ0n) is 16.4. The van der Waals surface area contributed by atoms with Crippen molar-refractivity contribution in [3.8, 4) is 5.75 Å². The molecule has 1 aliphatic rings. The van der Waals surface area contributed by atoms with E-state index >= 15 is 0 Å². The quantitative estimate of drug-likeness (QED) is 0.585. The Morgan fingerprint density at radius 1 is 1.10 bits per heavy atom. The smallest absolute Gasteiger partial charge is 0.335 e. The standard InChI is InChI=1S/C22H21ClN2O4/c1-4-14-5-8-16(9-6-14)25-21(27)17(20(26)24-22(25)28)11-15-7-10-19(18(23)12-15)29-13(2)3/h5-13H,4H2,1-3H3,(H,24,26,28)/b17-11+. The molecule has 1 saturated heterocycles. The number of imide groups is 2. The van der Waals surface area contributed by atoms with E-state index in [4.69, 9.17) is 16.3 Å². The summed E-state index contributed by atoms with van der Waals surface area (Å²) in [6.07, 6.45) is 2.20. The lowest BCUT2D eigenvalue weighted by atomic mass is 10.1. The van der Waals surface area contributed by atoms with Crippen molar-refractivity contribution in [2.45, 2.75) is 33.3 Å². The van der Waals surface area contributed by atoms with Gasteiger partial charge in [-0.15, -0.1) is 0 Å². The molecule has 6 nitrogen and oxygen atoms in total. The topological polar surface area (TPSA) is 75.7 Å². The summed E-state index contributed by atoms with van der Waals surface area (Å²) in [6.45, 7) is 5.78. The van der Waals surface area contributed by atoms with Gasteiger partial charge in [-0.05, 0) is 61.7 Å². The SMILES string of the molecule is CCc1ccc(N2C(=O)NC(=O)/C(=C\c3ccc(OC(C)C)c(Cl)c3)C2=O)cc1. The molecule has 0 radical (unpaired) electrons. The average molecular weight is 413 g/mol. The molecule has 4 amide bonds. The first-order valence-electron chi connectivity index (χ1n) is 9.26. The maximum absolute atomic E-state index is 12.9. The number of ether oxygens (including phenoxy) is 1. The highest BCUT2D eigenvalue weighted by Crippen LogP contribution is 2.28. The molecule has 0 atom stereocenters. The second-order valence-electron chi connectivity index (χ2n) is 6.83. The Morgan fingerprint density at radius 3 is 2.38 bits per heavy atom. The third-order valence-corrected chi connectivity index (χ3v) is 4.63. The molecule has 3 rings (SSSR count). The molecule has 1 N–H and O–H groups in total. The summed E-state index contributed by atoms with van der Waals surface area (Å²) in [6, 6.07) is 11.2. The van der Waals surface area contributed by atoms with Gasteiger partial charge in [-0.2, -0.15) is 0 Å². The fourth-order valence-corrected chi connectivity index (χ4v) is 3.13. The minimum absolute atomic E-state index is 0.0407. The van der Waals surface area contributed by atoms with Crippen molar-refractivity contribution in [1.82, 2.24) is 5.32 Å². The zero-order valence-corrected chi connectivity index (χ0v) is 17.1. The van der Waals surface area contributed by atoms with Crippen LogP contribution >= 0.6 is 11.6 Å². The van der Waals surface area contributed by atoms with Gasteiger partial charge in [0, 0.05) is 0 Å². The molecular formula is C22H21ClN2O4. The lowest BCUT2D eigenvalue weighted by Gasteiger charge is -2.26. The van der Waals surface area contributed by atoms with Crippen LogP contribution in [0.1, 0.15) is 31.9 Å². The highest BCUT2D eigenvalue weighted by atomic mass is 35.5. The number of benzene rings is 2. The molecule has 7 heteroatoms. The van der Waals surface area contributed by atoms with Crippen LogP contribution in [0.2, 0.25) is 5.02 Å². The van der Waals surface area contributed by atoms with Gasteiger partial charge >= 0.3 is 6.03 Å². The Morgan fingerprint density at radius 2 is 1.79 bits per heavy atom. The minimum atomic E-state index is -0.778. The molecule has 0 aromatic heterocycles. The molecule has 0 spiro atoms. The van der Waals surface area contributed by atoms with E-state index in [1.165, 1.54) is 6.08 Å². The number of carbonyl (C=O) groups excluding carboxylic acids is 3. The van der Waals surface area contributed by atoms with Gasteiger partial charge < -0.3 is 4.74 Å². The Bertz CT molecular complexity index is 996. The number of nitrogens with zero attached hydrogens (tertiary/aromatic N) is 1. The highest BCUT2D eigenvalue weighted by molar-refractivity contribution is 6.39. The van der Waals surface area contributed by atoms with Crippen LogP contribution in [0.5, 0.6) is 5.75 Å². The van der Waals surface area contributed by atoms with E-state index in [1.807, 2.05) is 32.9 Å². The summed E-state index contributed by atoms with van der Waals surface area (Å²) in [7, 11) is 0. The maximum Gasteiger partial charge on any atom is 0.335 e. The van der Waals surface area contributed by atoms with Gasteiger partial charge in [0.15, 0.2) is 0 Å². The molecule has 0 bridgehead atoms. The van der Waals surface area contributed by atoms with Gasteiger partial charge in [0.25, 0.3) is 11.8 Å². The second kappa shape index (κ2) is 8.49. The zero-order chi connectivity index (χ0) is 21.1. The third kappa shape index (κ3) is 4.49. The Hall–Kier alpha value is -3.12. The van der Waals surface area contributed by atoms with Crippen molar-refractivity contribution in [3.63, 3.8) is 0 Å². The lowest BCUT2D eigenvalue weighted by molar-refractivity contribution is -0.122. The first-order valence-corrected chi connectivity index (χ1v) is 9.64. The molecule has 150 valence electrons. The number of halogens is 1. The van der Waals surface area contributed by atoms with E-state index in [1.54, 1.807) is 30.3 Å². The normalized spacial score (nSPS) is 15.8. The number of barbiturate groups is 1. The monoisotopic (exact) mass is 412 g/mol. The number of aryl methyl sites for hydroxylation is 1. The van der Waals surface area contributed by atoms with Gasteiger partial charge in [0.05, 0.1) is 16.8 Å². The number of rotatable bonds is 5. The van der Waals surface area contributed by atoms with Crippen LogP contribution in [0.25, 0.3) is 6.08 Å². The third-order valence-electron chi connectivity index (χ3n) is 4.33. The Balaban J connectivity index is 1.93. The second-order valence-corrected chi connectivity index (χ2v) is 7.24. The van der Waals surface area contributed by atoms with E-state index in [0.29, 0.717) is 22.0 Å². The first kappa shape index (κ1) is 20.6. The van der Waals surface area contributed by atoms with Gasteiger partial charge in [-0.25, -0.2) is 9.69 Å². The predicted molar refractivity (Wildman–Crippen MR) is 112 cm³/mol. The van der Waals surface area contributed by atoms with Crippen molar-refractivity contribution >= 4 is 41.2 Å². The molecule has 0 saturated carbocycles. The van der Waals surface area contributed by atoms with E-state index in [-0.39, 0.29) is 11.7 Å². The number of nitrogens with one attached hydrogen (secondary N) is 1. The van der Waals surface area contributed by atoms with Gasteiger partial charge in [0.2, 0.25) is 0 Å². The fraction of sp³-hybridized carbons (Fsp3) is 0.227. The number of anilines is 1. The van der Waals surface area contributed by atoms with Crippen molar-refractivity contribution in [2.75, 3.05) is 4.90 Å². The fourth-order valence-electron chi connectivity index (χ4n) is 2.90. The number of hydrogen-bond donors (Lipinski definition) is 1. The van der Waals surface area contributed by atoms with Crippen molar-refractivity contribution in [3.05, 3.63) is 64.2 Å². The first-order chi connectivity index (χ1) is 13.8. The summed E-state index contributed by atoms with van der Waals surface area (Å²) in [5.74, 6) is -0.933. The van der Waals surface area contributed by atoms with Crippen LogP contribution in [0.4, 0.5) is 10.5 Å². The molecule has 1 heterocycles. The van der Waals surface area contributed by atoms with E-state index < -0.39 is 17.8 Å². The predicted octanol–water partition coefficient (Wildman–Crippen LogP) is 4.36. The van der Waals surface area contributed by atoms with E-state index in [9.17, 15) is 14.4 Å². The van der Waals surface area contributed by atoms with Crippen LogP contribution in [-0.2, 0) is 16.0 Å². The minimum Gasteiger partial charge on any atom is -0.489 e. The van der Waals surface area contributed by atoms with E-state index in [0.717, 1.165) is 16.9 Å². The average Bonchev–Trinajstić information content (AvgIpc) is 2.67. The number of amides is 4. The summed E-state index contributed by atoms with van der Waals surface area (Å²) >= 11 is 6.24. The van der Waals surface area contributed by atoms with Crippen molar-refractivity contribution in [2.24, 2.45) is 0 Å². The summed E-state index contributed by atoms with van der Waals surface area (Å²) < 4.78 is 5.59. The molecule has 0 unspecified atom stereocenters. The number of carbonyl (C=O) groups is 3. The summed E-state index contributed by atoms with van der Waals surface area (Å²) in [4.78, 5) is 38.4. The molecule has 2 aromatic carbocycles. The van der Waals surface area contributed by atoms with Crippen molar-refractivity contribution in [1.29, 1.82) is 0 Å². The maximum atomic E-state index is 12.9. The van der Waals surface area contributed by atoms with Crippen LogP contribution in [0.3, 0.4) is 0 Å². The molecule has 1 fully saturated rings. The van der Waals surface area contributed by atoms with Crippen molar-refractivity contribution < 1.29 is 19.1 Å². The number of hydrogen-bond acceptors (Lipinski definition) is 4. The Kier molecular flexibility index (Phi) is 6.03. The van der Waals surface area contributed by atoms with Gasteiger partial charge in [0.1, 0.15) is 11.3 Å². The molecule has 29 heavy (non-hydrogen) atoms. The molecule has 2 aromatic rings. The van der Waals surface area contributed by atoms with Crippen LogP contribution in [0.15, 0.2) is 48.0 Å². The Labute approximate surface area is 174 Å². The largest absolute Gasteiger partial charge is 0.489 e. The van der Waals surface area contributed by atoms with Gasteiger partial charge in [-0.3, -0.25) is 14.9 Å². The van der Waals surface area contributed by atoms with Gasteiger partial charge in [-0.1, -0.05) is 36.7 Å². The molecular weight excluding hydrogens is 392 g/mol. The van der Waals surface area contributed by atoms with Crippen LogP contribution < -0.4 is 15.0 Å². The van der Waals surface area contributed by atoms with Crippen LogP contribution in [0, 0.1) is 0 Å². The molecule has 0 aliphatic carbocycles. The number of urea groups is 1. The highest BCUT2D eigenvalue weighted by Gasteiger charge is 2.36. The molecule has 1 aliphatic heterocycles. The summed E-state index contributed by atoms with van der Waals surface area (Å²) in [5, 5.41) is 2.57. The summed E-state index contributed by atoms with van der Waals surface area (Å²) in [5.41, 5.74) is 1.85.